The number of carbonyl (C=O) groups is 2. The fraction of sp³-hybridized carbons (Fsp3) is 0.429. The molecule has 9 heteroatoms. The van der Waals surface area contributed by atoms with E-state index in [4.69, 9.17) is 0 Å². The Morgan fingerprint density at radius 1 is 1.27 bits per heavy atom. The van der Waals surface area contributed by atoms with Crippen LogP contribution in [0, 0.1) is 5.41 Å². The number of halogens is 3. The minimum absolute atomic E-state index is 0.0348. The van der Waals surface area contributed by atoms with Crippen LogP contribution in [0.2, 0.25) is 0 Å². The molecular formula is C21H23F3N2O3S. The smallest absolute Gasteiger partial charge is 0.416 e. The van der Waals surface area contributed by atoms with E-state index in [1.807, 2.05) is 0 Å². The minimum Gasteiger partial charge on any atom is -0.478 e. The van der Waals surface area contributed by atoms with Crippen molar-refractivity contribution in [3.63, 3.8) is 0 Å². The first-order valence-corrected chi connectivity index (χ1v) is 10.3. The number of carbonyl (C=O) groups excluding carboxylic acids is 1. The number of hydrogen-bond acceptors (Lipinski definition) is 4. The number of fused-ring (bicyclic) bond motifs is 1. The number of anilines is 1. The molecule has 162 valence electrons. The third-order valence-corrected chi connectivity index (χ3v) is 6.47. The van der Waals surface area contributed by atoms with Gasteiger partial charge in [0.25, 0.3) is 5.91 Å². The van der Waals surface area contributed by atoms with Crippen molar-refractivity contribution in [3.8, 4) is 0 Å². The monoisotopic (exact) mass is 440 g/mol. The first-order chi connectivity index (χ1) is 13.9. The van der Waals surface area contributed by atoms with Gasteiger partial charge in [-0.25, -0.2) is 4.79 Å². The van der Waals surface area contributed by atoms with E-state index in [0.29, 0.717) is 6.42 Å². The molecule has 0 fully saturated rings. The summed E-state index contributed by atoms with van der Waals surface area (Å²) in [5.74, 6) is -1.75. The molecule has 3 N–H and O–H groups in total. The summed E-state index contributed by atoms with van der Waals surface area (Å²) >= 11 is 1.23. The Morgan fingerprint density at radius 3 is 2.57 bits per heavy atom. The predicted molar refractivity (Wildman–Crippen MR) is 109 cm³/mol. The lowest BCUT2D eigenvalue weighted by atomic mass is 9.76. The molecule has 1 aliphatic carbocycles. The summed E-state index contributed by atoms with van der Waals surface area (Å²) in [6, 6.07) is 2.92. The van der Waals surface area contributed by atoms with Gasteiger partial charge in [-0.2, -0.15) is 13.2 Å². The number of aromatic carboxylic acids is 1. The highest BCUT2D eigenvalue weighted by atomic mass is 32.1. The number of nitrogens with one attached hydrogen (secondary N) is 2. The SMILES string of the molecule is CNCc1cc(C(F)(F)F)ccc1C(=O)Nc1sc2c(c1C(=O)O)CC(C)(C)CC2. The van der Waals surface area contributed by atoms with Gasteiger partial charge in [-0.15, -0.1) is 11.3 Å². The lowest BCUT2D eigenvalue weighted by Crippen LogP contribution is -2.23. The van der Waals surface area contributed by atoms with Gasteiger partial charge in [0.05, 0.1) is 11.1 Å². The van der Waals surface area contributed by atoms with Crippen LogP contribution in [-0.2, 0) is 25.6 Å². The van der Waals surface area contributed by atoms with Crippen molar-refractivity contribution in [2.24, 2.45) is 5.41 Å². The lowest BCUT2D eigenvalue weighted by Gasteiger charge is -2.29. The molecule has 0 spiro atoms. The summed E-state index contributed by atoms with van der Waals surface area (Å²) in [7, 11) is 1.57. The molecule has 1 aliphatic rings. The van der Waals surface area contributed by atoms with Crippen LogP contribution in [0.5, 0.6) is 0 Å². The molecular weight excluding hydrogens is 417 g/mol. The number of alkyl halides is 3. The van der Waals surface area contributed by atoms with E-state index in [-0.39, 0.29) is 33.7 Å². The minimum atomic E-state index is -4.52. The third-order valence-electron chi connectivity index (χ3n) is 5.26. The maximum Gasteiger partial charge on any atom is 0.416 e. The summed E-state index contributed by atoms with van der Waals surface area (Å²) in [5, 5.41) is 15.4. The largest absolute Gasteiger partial charge is 0.478 e. The third kappa shape index (κ3) is 4.52. The van der Waals surface area contributed by atoms with E-state index < -0.39 is 23.6 Å². The fourth-order valence-corrected chi connectivity index (χ4v) is 4.94. The van der Waals surface area contributed by atoms with Crippen molar-refractivity contribution in [1.82, 2.24) is 5.32 Å². The van der Waals surface area contributed by atoms with Crippen LogP contribution in [0.3, 0.4) is 0 Å². The fourth-order valence-electron chi connectivity index (χ4n) is 3.73. The molecule has 2 aromatic rings. The van der Waals surface area contributed by atoms with Crippen LogP contribution in [0.4, 0.5) is 18.2 Å². The van der Waals surface area contributed by atoms with Crippen molar-refractivity contribution in [2.75, 3.05) is 12.4 Å². The van der Waals surface area contributed by atoms with Gasteiger partial charge in [0.2, 0.25) is 0 Å². The zero-order valence-corrected chi connectivity index (χ0v) is 17.7. The van der Waals surface area contributed by atoms with Crippen molar-refractivity contribution < 1.29 is 27.9 Å². The molecule has 1 amide bonds. The van der Waals surface area contributed by atoms with Crippen molar-refractivity contribution in [2.45, 2.75) is 45.8 Å². The van der Waals surface area contributed by atoms with E-state index in [2.05, 4.69) is 24.5 Å². The lowest BCUT2D eigenvalue weighted by molar-refractivity contribution is -0.137. The van der Waals surface area contributed by atoms with E-state index in [9.17, 15) is 27.9 Å². The normalized spacial score (nSPS) is 15.5. The zero-order chi connectivity index (χ0) is 22.3. The van der Waals surface area contributed by atoms with Gasteiger partial charge in [-0.3, -0.25) is 4.79 Å². The van der Waals surface area contributed by atoms with Gasteiger partial charge >= 0.3 is 12.1 Å². The maximum absolute atomic E-state index is 13.0. The van der Waals surface area contributed by atoms with Gasteiger partial charge in [-0.1, -0.05) is 13.8 Å². The number of rotatable bonds is 5. The number of carboxylic acids is 1. The average molecular weight is 440 g/mol. The zero-order valence-electron chi connectivity index (χ0n) is 16.9. The Morgan fingerprint density at radius 2 is 1.97 bits per heavy atom. The molecule has 0 saturated heterocycles. The molecule has 1 aromatic carbocycles. The van der Waals surface area contributed by atoms with Crippen LogP contribution in [0.1, 0.15) is 62.6 Å². The molecule has 0 atom stereocenters. The number of carboxylic acid groups (broad SMARTS) is 1. The molecule has 5 nitrogen and oxygen atoms in total. The van der Waals surface area contributed by atoms with E-state index >= 15 is 0 Å². The highest BCUT2D eigenvalue weighted by Crippen LogP contribution is 2.44. The number of benzene rings is 1. The topological polar surface area (TPSA) is 78.4 Å². The summed E-state index contributed by atoms with van der Waals surface area (Å²) in [5.41, 5.74) is 0.196. The van der Waals surface area contributed by atoms with Crippen LogP contribution in [0.15, 0.2) is 18.2 Å². The van der Waals surface area contributed by atoms with Crippen molar-refractivity contribution in [3.05, 3.63) is 50.9 Å². The Balaban J connectivity index is 1.97. The molecule has 0 radical (unpaired) electrons. The van der Waals surface area contributed by atoms with Crippen LogP contribution in [0.25, 0.3) is 0 Å². The number of amides is 1. The molecule has 30 heavy (non-hydrogen) atoms. The molecule has 0 saturated carbocycles. The first kappa shape index (κ1) is 22.3. The summed E-state index contributed by atoms with van der Waals surface area (Å²) in [6.45, 7) is 4.21. The summed E-state index contributed by atoms with van der Waals surface area (Å²) < 4.78 is 39.1. The van der Waals surface area contributed by atoms with Crippen LogP contribution < -0.4 is 10.6 Å². The predicted octanol–water partition coefficient (Wildman–Crippen LogP) is 4.95. The highest BCUT2D eigenvalue weighted by Gasteiger charge is 2.34. The quantitative estimate of drug-likeness (QED) is 0.615. The van der Waals surface area contributed by atoms with Gasteiger partial charge < -0.3 is 15.7 Å². The Kier molecular flexibility index (Phi) is 5.97. The van der Waals surface area contributed by atoms with Crippen molar-refractivity contribution in [1.29, 1.82) is 0 Å². The second kappa shape index (κ2) is 8.03. The van der Waals surface area contributed by atoms with Gasteiger partial charge in [-0.05, 0) is 61.1 Å². The summed E-state index contributed by atoms with van der Waals surface area (Å²) in [4.78, 5) is 25.7. The Labute approximate surface area is 176 Å². The Hall–Kier alpha value is -2.39. The molecule has 0 aliphatic heterocycles. The van der Waals surface area contributed by atoms with Gasteiger partial charge in [0.15, 0.2) is 0 Å². The summed E-state index contributed by atoms with van der Waals surface area (Å²) in [6.07, 6.45) is -2.28. The standard InChI is InChI=1S/C21H23F3N2O3S/c1-20(2)7-6-15-14(9-20)16(19(28)29)18(30-15)26-17(27)13-5-4-12(21(22,23)24)8-11(13)10-25-3/h4-5,8,25H,6-7,9-10H2,1-3H3,(H,26,27)(H,28,29). The highest BCUT2D eigenvalue weighted by molar-refractivity contribution is 7.17. The number of aryl methyl sites for hydroxylation is 1. The first-order valence-electron chi connectivity index (χ1n) is 9.47. The van der Waals surface area contributed by atoms with E-state index in [0.717, 1.165) is 41.5 Å². The second-order valence-electron chi connectivity index (χ2n) is 8.21. The van der Waals surface area contributed by atoms with E-state index in [1.165, 1.54) is 11.3 Å². The number of hydrogen-bond donors (Lipinski definition) is 3. The molecule has 3 rings (SSSR count). The van der Waals surface area contributed by atoms with Gasteiger partial charge in [0.1, 0.15) is 5.00 Å². The second-order valence-corrected chi connectivity index (χ2v) is 9.31. The van der Waals surface area contributed by atoms with Gasteiger partial charge in [0, 0.05) is 17.0 Å². The van der Waals surface area contributed by atoms with Crippen LogP contribution >= 0.6 is 11.3 Å². The Bertz CT molecular complexity index is 996. The van der Waals surface area contributed by atoms with Crippen molar-refractivity contribution >= 4 is 28.2 Å². The average Bonchev–Trinajstić information content (AvgIpc) is 2.97. The molecule has 0 bridgehead atoms. The molecule has 1 aromatic heterocycles. The molecule has 0 unspecified atom stereocenters. The van der Waals surface area contributed by atoms with Crippen LogP contribution in [-0.4, -0.2) is 24.0 Å². The van der Waals surface area contributed by atoms with E-state index in [1.54, 1.807) is 7.05 Å². The maximum atomic E-state index is 13.0. The number of thiophene rings is 1. The molecule has 1 heterocycles.